The summed E-state index contributed by atoms with van der Waals surface area (Å²) in [6, 6.07) is 3.58. The quantitative estimate of drug-likeness (QED) is 0.497. The van der Waals surface area contributed by atoms with Crippen LogP contribution in [-0.2, 0) is 4.74 Å². The van der Waals surface area contributed by atoms with Crippen molar-refractivity contribution in [2.75, 3.05) is 25.1 Å². The molecule has 2 N–H and O–H groups in total. The molecule has 1 aliphatic rings. The Morgan fingerprint density at radius 3 is 3.14 bits per heavy atom. The summed E-state index contributed by atoms with van der Waals surface area (Å²) < 4.78 is 7.42. The number of imidazole rings is 1. The number of thiazole rings is 1. The number of carbonyl (C=O) groups is 1. The van der Waals surface area contributed by atoms with Gasteiger partial charge in [-0.15, -0.1) is 0 Å². The molecule has 3 aromatic heterocycles. The first-order chi connectivity index (χ1) is 13.7. The smallest absolute Gasteiger partial charge is 0.321 e. The van der Waals surface area contributed by atoms with Gasteiger partial charge in [0.05, 0.1) is 12.3 Å². The van der Waals surface area contributed by atoms with E-state index < -0.39 is 0 Å². The largest absolute Gasteiger partial charge is 0.379 e. The molecule has 3 aromatic rings. The van der Waals surface area contributed by atoms with Crippen molar-refractivity contribution in [3.05, 3.63) is 46.9 Å². The van der Waals surface area contributed by atoms with Gasteiger partial charge in [-0.3, -0.25) is 5.32 Å². The molecule has 0 unspecified atom stereocenters. The average molecular weight is 395 g/mol. The number of nitrogens with zero attached hydrogens (tertiary/aromatic N) is 3. The van der Waals surface area contributed by atoms with Gasteiger partial charge in [-0.1, -0.05) is 17.3 Å². The zero-order valence-corrected chi connectivity index (χ0v) is 16.4. The van der Waals surface area contributed by atoms with Crippen LogP contribution in [0.15, 0.2) is 30.7 Å². The SMILES string of the molecule is Cc1nc(NC(=O)NCCOCC2CC2)sc1C#Cc1ccc2nccn2c1. The zero-order chi connectivity index (χ0) is 19.3. The molecule has 144 valence electrons. The summed E-state index contributed by atoms with van der Waals surface area (Å²) in [4.78, 5) is 21.4. The molecule has 0 saturated heterocycles. The Balaban J connectivity index is 1.31. The van der Waals surface area contributed by atoms with E-state index in [4.69, 9.17) is 4.74 Å². The minimum atomic E-state index is -0.283. The van der Waals surface area contributed by atoms with E-state index in [1.807, 2.05) is 35.9 Å². The van der Waals surface area contributed by atoms with Crippen LogP contribution in [0.5, 0.6) is 0 Å². The molecule has 4 rings (SSSR count). The Morgan fingerprint density at radius 2 is 2.29 bits per heavy atom. The van der Waals surface area contributed by atoms with E-state index in [2.05, 4.69) is 32.4 Å². The lowest BCUT2D eigenvalue weighted by Gasteiger charge is -2.05. The number of urea groups is 1. The van der Waals surface area contributed by atoms with Gasteiger partial charge in [0, 0.05) is 37.3 Å². The lowest BCUT2D eigenvalue weighted by molar-refractivity contribution is 0.127. The number of hydrogen-bond acceptors (Lipinski definition) is 5. The van der Waals surface area contributed by atoms with Gasteiger partial charge < -0.3 is 14.5 Å². The fourth-order valence-electron chi connectivity index (χ4n) is 2.60. The summed E-state index contributed by atoms with van der Waals surface area (Å²) in [6.45, 7) is 3.68. The minimum Gasteiger partial charge on any atom is -0.379 e. The van der Waals surface area contributed by atoms with Gasteiger partial charge in [-0.25, -0.2) is 14.8 Å². The second kappa shape index (κ2) is 8.42. The number of anilines is 1. The van der Waals surface area contributed by atoms with Crippen molar-refractivity contribution < 1.29 is 9.53 Å². The summed E-state index contributed by atoms with van der Waals surface area (Å²) in [7, 11) is 0. The van der Waals surface area contributed by atoms with Crippen LogP contribution in [0.25, 0.3) is 5.65 Å². The van der Waals surface area contributed by atoms with Gasteiger partial charge in [0.1, 0.15) is 10.5 Å². The van der Waals surface area contributed by atoms with E-state index in [0.717, 1.165) is 34.3 Å². The van der Waals surface area contributed by atoms with E-state index in [9.17, 15) is 4.79 Å². The van der Waals surface area contributed by atoms with Crippen LogP contribution in [0.1, 0.15) is 29.0 Å². The van der Waals surface area contributed by atoms with Gasteiger partial charge in [-0.2, -0.15) is 0 Å². The van der Waals surface area contributed by atoms with E-state index in [-0.39, 0.29) is 6.03 Å². The number of nitrogens with one attached hydrogen (secondary N) is 2. The number of carbonyl (C=O) groups excluding carboxylic acids is 1. The normalized spacial score (nSPS) is 13.2. The van der Waals surface area contributed by atoms with E-state index >= 15 is 0 Å². The molecule has 0 aromatic carbocycles. The number of hydrogen-bond donors (Lipinski definition) is 2. The van der Waals surface area contributed by atoms with Crippen molar-refractivity contribution in [1.29, 1.82) is 0 Å². The number of aryl methyl sites for hydroxylation is 1. The number of pyridine rings is 1. The summed E-state index contributed by atoms with van der Waals surface area (Å²) in [6.07, 6.45) is 8.10. The van der Waals surface area contributed by atoms with Crippen molar-refractivity contribution >= 4 is 28.1 Å². The average Bonchev–Trinajstić information content (AvgIpc) is 3.27. The van der Waals surface area contributed by atoms with Gasteiger partial charge in [0.15, 0.2) is 5.13 Å². The van der Waals surface area contributed by atoms with Crippen LogP contribution in [0.3, 0.4) is 0 Å². The number of rotatable bonds is 6. The molecule has 1 fully saturated rings. The Bertz CT molecular complexity index is 1040. The van der Waals surface area contributed by atoms with Crippen molar-refractivity contribution in [2.45, 2.75) is 19.8 Å². The molecule has 0 spiro atoms. The maximum absolute atomic E-state index is 12.0. The van der Waals surface area contributed by atoms with Crippen LogP contribution < -0.4 is 10.6 Å². The first kappa shape index (κ1) is 18.5. The highest BCUT2D eigenvalue weighted by Crippen LogP contribution is 2.28. The highest BCUT2D eigenvalue weighted by Gasteiger charge is 2.20. The third-order valence-electron chi connectivity index (χ3n) is 4.31. The van der Waals surface area contributed by atoms with Crippen molar-refractivity contribution in [3.63, 3.8) is 0 Å². The number of aromatic nitrogens is 3. The first-order valence-corrected chi connectivity index (χ1v) is 10.0. The Labute approximate surface area is 167 Å². The predicted octanol–water partition coefficient (Wildman–Crippen LogP) is 3.05. The van der Waals surface area contributed by atoms with Crippen molar-refractivity contribution in [3.8, 4) is 11.8 Å². The van der Waals surface area contributed by atoms with Crippen LogP contribution >= 0.6 is 11.3 Å². The van der Waals surface area contributed by atoms with E-state index in [0.29, 0.717) is 18.3 Å². The summed E-state index contributed by atoms with van der Waals surface area (Å²) >= 11 is 1.36. The van der Waals surface area contributed by atoms with Crippen LogP contribution in [0.4, 0.5) is 9.93 Å². The second-order valence-corrected chi connectivity index (χ2v) is 7.69. The van der Waals surface area contributed by atoms with Crippen LogP contribution in [0, 0.1) is 24.7 Å². The van der Waals surface area contributed by atoms with Crippen molar-refractivity contribution in [1.82, 2.24) is 19.7 Å². The Kier molecular flexibility index (Phi) is 5.55. The van der Waals surface area contributed by atoms with Gasteiger partial charge in [0.2, 0.25) is 0 Å². The van der Waals surface area contributed by atoms with Crippen molar-refractivity contribution in [2.24, 2.45) is 5.92 Å². The fourth-order valence-corrected chi connectivity index (χ4v) is 3.42. The molecule has 7 nitrogen and oxygen atoms in total. The molecule has 0 radical (unpaired) electrons. The molecule has 0 aliphatic heterocycles. The number of amides is 2. The Morgan fingerprint density at radius 1 is 1.39 bits per heavy atom. The fraction of sp³-hybridized carbons (Fsp3) is 0.350. The third-order valence-corrected chi connectivity index (χ3v) is 5.30. The summed E-state index contributed by atoms with van der Waals surface area (Å²) in [5, 5.41) is 6.06. The molecule has 8 heteroatoms. The molecule has 3 heterocycles. The lowest BCUT2D eigenvalue weighted by Crippen LogP contribution is -2.31. The second-order valence-electron chi connectivity index (χ2n) is 6.69. The standard InChI is InChI=1S/C20H21N5O2S/c1-14-17(6-4-15-5-7-18-21-8-10-25(18)12-15)28-20(23-14)24-19(26)22-9-11-27-13-16-2-3-16/h5,7-8,10,12,16H,2-3,9,11,13H2,1H3,(H2,22,23,24,26). The predicted molar refractivity (Wildman–Crippen MR) is 109 cm³/mol. The summed E-state index contributed by atoms with van der Waals surface area (Å²) in [5.41, 5.74) is 2.57. The van der Waals surface area contributed by atoms with Gasteiger partial charge >= 0.3 is 6.03 Å². The molecule has 1 saturated carbocycles. The molecular formula is C20H21N5O2S. The molecule has 0 atom stereocenters. The third kappa shape index (κ3) is 4.88. The van der Waals surface area contributed by atoms with E-state index in [1.165, 1.54) is 24.2 Å². The zero-order valence-electron chi connectivity index (χ0n) is 15.6. The monoisotopic (exact) mass is 395 g/mol. The highest BCUT2D eigenvalue weighted by molar-refractivity contribution is 7.16. The summed E-state index contributed by atoms with van der Waals surface area (Å²) in [5.74, 6) is 7.01. The molecular weight excluding hydrogens is 374 g/mol. The number of ether oxygens (including phenoxy) is 1. The number of fused-ring (bicyclic) bond motifs is 1. The first-order valence-electron chi connectivity index (χ1n) is 9.22. The topological polar surface area (TPSA) is 80.5 Å². The minimum absolute atomic E-state index is 0.283. The van der Waals surface area contributed by atoms with Gasteiger partial charge in [0.25, 0.3) is 0 Å². The lowest BCUT2D eigenvalue weighted by atomic mass is 10.2. The molecule has 2 amide bonds. The highest BCUT2D eigenvalue weighted by atomic mass is 32.1. The van der Waals surface area contributed by atoms with Gasteiger partial charge in [-0.05, 0) is 43.7 Å². The maximum atomic E-state index is 12.0. The van der Waals surface area contributed by atoms with Crippen LogP contribution in [-0.4, -0.2) is 40.2 Å². The molecule has 1 aliphatic carbocycles. The maximum Gasteiger partial charge on any atom is 0.321 e. The molecule has 28 heavy (non-hydrogen) atoms. The molecule has 0 bridgehead atoms. The van der Waals surface area contributed by atoms with E-state index in [1.54, 1.807) is 6.20 Å². The Hall–Kier alpha value is -2.89. The van der Waals surface area contributed by atoms with Crippen LogP contribution in [0.2, 0.25) is 0 Å².